The number of ether oxygens (including phenoxy) is 3. The minimum atomic E-state index is -0.840. The summed E-state index contributed by atoms with van der Waals surface area (Å²) in [5.74, 6) is -0.482. The fourth-order valence-corrected chi connectivity index (χ4v) is 2.78. The van der Waals surface area contributed by atoms with Crippen molar-refractivity contribution in [2.75, 3.05) is 20.3 Å². The van der Waals surface area contributed by atoms with Gasteiger partial charge in [-0.25, -0.2) is 5.43 Å². The molecule has 0 heterocycles. The van der Waals surface area contributed by atoms with Gasteiger partial charge in [0.05, 0.1) is 19.4 Å². The van der Waals surface area contributed by atoms with E-state index in [9.17, 15) is 9.59 Å². The number of hydrazone groups is 1. The summed E-state index contributed by atoms with van der Waals surface area (Å²) in [4.78, 5) is 23.6. The summed E-state index contributed by atoms with van der Waals surface area (Å²) in [5.41, 5.74) is 3.90. The first-order valence-corrected chi connectivity index (χ1v) is 11.0. The number of benzene rings is 2. The van der Waals surface area contributed by atoms with Crippen LogP contribution in [0, 0.1) is 0 Å². The van der Waals surface area contributed by atoms with Crippen molar-refractivity contribution >= 4 is 34.0 Å². The highest BCUT2D eigenvalue weighted by molar-refractivity contribution is 9.10. The third-order valence-electron chi connectivity index (χ3n) is 4.14. The topological polar surface area (TPSA) is 98.2 Å². The SMILES string of the molecule is COc1cc(/C=N\NC(=O)C(=O)NCCCOC(C)C)ccc1OCc1ccc(Br)cc1. The molecule has 32 heavy (non-hydrogen) atoms. The fourth-order valence-electron chi connectivity index (χ4n) is 2.52. The van der Waals surface area contributed by atoms with Crippen LogP contribution in [0.25, 0.3) is 0 Å². The number of hydrogen-bond acceptors (Lipinski definition) is 6. The predicted molar refractivity (Wildman–Crippen MR) is 126 cm³/mol. The number of amides is 2. The van der Waals surface area contributed by atoms with Gasteiger partial charge in [-0.3, -0.25) is 9.59 Å². The van der Waals surface area contributed by atoms with Crippen molar-refractivity contribution < 1.29 is 23.8 Å². The number of methoxy groups -OCH3 is 1. The van der Waals surface area contributed by atoms with Crippen LogP contribution in [0.4, 0.5) is 0 Å². The molecule has 0 aromatic heterocycles. The van der Waals surface area contributed by atoms with E-state index in [0.717, 1.165) is 10.0 Å². The molecule has 2 amide bonds. The molecule has 0 saturated heterocycles. The molecule has 0 unspecified atom stereocenters. The number of hydrogen-bond donors (Lipinski definition) is 2. The van der Waals surface area contributed by atoms with Crippen LogP contribution in [-0.2, 0) is 20.9 Å². The van der Waals surface area contributed by atoms with E-state index in [1.54, 1.807) is 25.3 Å². The first kappa shape index (κ1) is 25.4. The second-order valence-corrected chi connectivity index (χ2v) is 7.97. The van der Waals surface area contributed by atoms with Crippen LogP contribution in [0.3, 0.4) is 0 Å². The van der Waals surface area contributed by atoms with Gasteiger partial charge in [0, 0.05) is 17.6 Å². The van der Waals surface area contributed by atoms with Gasteiger partial charge in [-0.1, -0.05) is 28.1 Å². The average Bonchev–Trinajstić information content (AvgIpc) is 2.78. The largest absolute Gasteiger partial charge is 0.493 e. The molecule has 0 bridgehead atoms. The molecule has 0 fully saturated rings. The molecule has 0 radical (unpaired) electrons. The second kappa shape index (κ2) is 13.5. The molecular weight excluding hydrogens is 478 g/mol. The van der Waals surface area contributed by atoms with Crippen LogP contribution >= 0.6 is 15.9 Å². The van der Waals surface area contributed by atoms with Crippen LogP contribution < -0.4 is 20.2 Å². The average molecular weight is 506 g/mol. The molecule has 2 aromatic carbocycles. The van der Waals surface area contributed by atoms with E-state index >= 15 is 0 Å². The lowest BCUT2D eigenvalue weighted by Crippen LogP contribution is -2.38. The van der Waals surface area contributed by atoms with Crippen molar-refractivity contribution in [3.8, 4) is 11.5 Å². The number of nitrogens with one attached hydrogen (secondary N) is 2. The molecule has 0 aliphatic heterocycles. The minimum absolute atomic E-state index is 0.133. The maximum atomic E-state index is 11.8. The number of halogens is 1. The maximum absolute atomic E-state index is 11.8. The highest BCUT2D eigenvalue weighted by atomic mass is 79.9. The van der Waals surface area contributed by atoms with E-state index in [1.165, 1.54) is 6.21 Å². The van der Waals surface area contributed by atoms with Crippen molar-refractivity contribution in [2.24, 2.45) is 5.10 Å². The first-order chi connectivity index (χ1) is 15.4. The molecular formula is C23H28BrN3O5. The van der Waals surface area contributed by atoms with Gasteiger partial charge < -0.3 is 19.5 Å². The van der Waals surface area contributed by atoms with Gasteiger partial charge >= 0.3 is 11.8 Å². The Morgan fingerprint density at radius 3 is 2.53 bits per heavy atom. The molecule has 2 aromatic rings. The van der Waals surface area contributed by atoms with Crippen molar-refractivity contribution in [3.63, 3.8) is 0 Å². The zero-order valence-corrected chi connectivity index (χ0v) is 20.0. The van der Waals surface area contributed by atoms with Crippen LogP contribution in [0.1, 0.15) is 31.4 Å². The predicted octanol–water partition coefficient (Wildman–Crippen LogP) is 3.42. The van der Waals surface area contributed by atoms with E-state index in [-0.39, 0.29) is 6.10 Å². The van der Waals surface area contributed by atoms with Gasteiger partial charge in [-0.05, 0) is 61.7 Å². The summed E-state index contributed by atoms with van der Waals surface area (Å²) < 4.78 is 17.6. The lowest BCUT2D eigenvalue weighted by molar-refractivity contribution is -0.139. The molecule has 2 rings (SSSR count). The number of rotatable bonds is 11. The smallest absolute Gasteiger partial charge is 0.329 e. The maximum Gasteiger partial charge on any atom is 0.329 e. The quantitative estimate of drug-likeness (QED) is 0.211. The number of carbonyl (C=O) groups is 2. The zero-order chi connectivity index (χ0) is 23.3. The third kappa shape index (κ3) is 9.07. The molecule has 0 saturated carbocycles. The van der Waals surface area contributed by atoms with Gasteiger partial charge in [-0.15, -0.1) is 0 Å². The highest BCUT2D eigenvalue weighted by Crippen LogP contribution is 2.28. The summed E-state index contributed by atoms with van der Waals surface area (Å²) in [6.07, 6.45) is 2.17. The van der Waals surface area contributed by atoms with Crippen molar-refractivity contribution in [3.05, 3.63) is 58.1 Å². The Bertz CT molecular complexity index is 916. The molecule has 172 valence electrons. The summed E-state index contributed by atoms with van der Waals surface area (Å²) in [6.45, 7) is 5.13. The number of nitrogens with zero attached hydrogens (tertiary/aromatic N) is 1. The Hall–Kier alpha value is -2.91. The second-order valence-electron chi connectivity index (χ2n) is 7.05. The van der Waals surface area contributed by atoms with E-state index in [4.69, 9.17) is 14.2 Å². The molecule has 0 spiro atoms. The lowest BCUT2D eigenvalue weighted by Gasteiger charge is -2.11. The summed E-state index contributed by atoms with van der Waals surface area (Å²) in [7, 11) is 1.54. The van der Waals surface area contributed by atoms with E-state index < -0.39 is 11.8 Å². The van der Waals surface area contributed by atoms with E-state index in [0.29, 0.717) is 43.2 Å². The summed E-state index contributed by atoms with van der Waals surface area (Å²) >= 11 is 3.40. The van der Waals surface area contributed by atoms with Crippen LogP contribution in [0.5, 0.6) is 11.5 Å². The molecule has 9 heteroatoms. The Labute approximate surface area is 196 Å². The van der Waals surface area contributed by atoms with Gasteiger partial charge in [0.2, 0.25) is 0 Å². The Kier molecular flexibility index (Phi) is 10.7. The standard InChI is InChI=1S/C23H28BrN3O5/c1-16(2)31-12-4-11-25-22(28)23(29)27-26-14-18-7-10-20(21(13-18)30-3)32-15-17-5-8-19(24)9-6-17/h5-10,13-14,16H,4,11-12,15H2,1-3H3,(H,25,28)(H,27,29)/b26-14-. The van der Waals surface area contributed by atoms with Crippen molar-refractivity contribution in [1.29, 1.82) is 0 Å². The highest BCUT2D eigenvalue weighted by Gasteiger charge is 2.11. The normalized spacial score (nSPS) is 10.9. The van der Waals surface area contributed by atoms with Crippen LogP contribution in [-0.4, -0.2) is 44.4 Å². The lowest BCUT2D eigenvalue weighted by atomic mass is 10.2. The summed E-state index contributed by atoms with van der Waals surface area (Å²) in [5, 5.41) is 6.34. The van der Waals surface area contributed by atoms with E-state index in [1.807, 2.05) is 38.1 Å². The molecule has 0 aliphatic carbocycles. The zero-order valence-electron chi connectivity index (χ0n) is 18.4. The van der Waals surface area contributed by atoms with Gasteiger partial charge in [-0.2, -0.15) is 5.10 Å². The van der Waals surface area contributed by atoms with Crippen LogP contribution in [0.2, 0.25) is 0 Å². The number of carbonyl (C=O) groups excluding carboxylic acids is 2. The Balaban J connectivity index is 1.82. The Morgan fingerprint density at radius 2 is 1.84 bits per heavy atom. The van der Waals surface area contributed by atoms with Gasteiger partial charge in [0.25, 0.3) is 0 Å². The van der Waals surface area contributed by atoms with E-state index in [2.05, 4.69) is 31.8 Å². The van der Waals surface area contributed by atoms with Crippen molar-refractivity contribution in [2.45, 2.75) is 33.0 Å². The minimum Gasteiger partial charge on any atom is -0.493 e. The Morgan fingerprint density at radius 1 is 1.09 bits per heavy atom. The van der Waals surface area contributed by atoms with Crippen LogP contribution in [0.15, 0.2) is 52.0 Å². The molecule has 2 N–H and O–H groups in total. The molecule has 0 atom stereocenters. The third-order valence-corrected chi connectivity index (χ3v) is 4.67. The summed E-state index contributed by atoms with van der Waals surface area (Å²) in [6, 6.07) is 13.1. The van der Waals surface area contributed by atoms with Gasteiger partial charge in [0.15, 0.2) is 11.5 Å². The molecule has 8 nitrogen and oxygen atoms in total. The first-order valence-electron chi connectivity index (χ1n) is 10.2. The monoisotopic (exact) mass is 505 g/mol. The van der Waals surface area contributed by atoms with Gasteiger partial charge in [0.1, 0.15) is 6.61 Å². The fraction of sp³-hybridized carbons (Fsp3) is 0.348. The molecule has 0 aliphatic rings. The van der Waals surface area contributed by atoms with Crippen molar-refractivity contribution in [1.82, 2.24) is 10.7 Å².